The molecular weight excluding hydrogens is 376 g/mol. The summed E-state index contributed by atoms with van der Waals surface area (Å²) in [6.45, 7) is 0.685. The number of sulfonamides is 1. The minimum absolute atomic E-state index is 0.00235. The van der Waals surface area contributed by atoms with Crippen LogP contribution >= 0.6 is 0 Å². The molecule has 1 aliphatic heterocycles. The van der Waals surface area contributed by atoms with Crippen LogP contribution in [0.15, 0.2) is 53.4 Å². The maximum Gasteiger partial charge on any atom is 0.254 e. The van der Waals surface area contributed by atoms with Crippen LogP contribution < -0.4 is 9.46 Å². The van der Waals surface area contributed by atoms with Crippen molar-refractivity contribution in [1.82, 2.24) is 9.62 Å². The second kappa shape index (κ2) is 7.56. The maximum absolute atomic E-state index is 13.1. The van der Waals surface area contributed by atoms with E-state index in [0.29, 0.717) is 12.1 Å². The summed E-state index contributed by atoms with van der Waals surface area (Å²) < 4.78 is 32.6. The van der Waals surface area contributed by atoms with Gasteiger partial charge in [-0.15, -0.1) is 0 Å². The molecule has 0 spiro atoms. The third-order valence-corrected chi connectivity index (χ3v) is 6.84. The second-order valence-corrected chi connectivity index (χ2v) is 9.07. The van der Waals surface area contributed by atoms with E-state index in [0.717, 1.165) is 37.0 Å². The number of hydrogen-bond donors (Lipinski definition) is 1. The first-order chi connectivity index (χ1) is 13.5. The third-order valence-electron chi connectivity index (χ3n) is 5.30. The summed E-state index contributed by atoms with van der Waals surface area (Å²) in [6.07, 6.45) is 3.61. The van der Waals surface area contributed by atoms with Gasteiger partial charge in [0.15, 0.2) is 0 Å². The van der Waals surface area contributed by atoms with Crippen LogP contribution in [0.4, 0.5) is 0 Å². The number of amides is 1. The predicted octanol–water partition coefficient (Wildman–Crippen LogP) is 3.11. The Balaban J connectivity index is 1.53. The number of nitrogens with one attached hydrogen (secondary N) is 1. The molecule has 4 rings (SSSR count). The molecule has 2 aromatic carbocycles. The summed E-state index contributed by atoms with van der Waals surface area (Å²) in [4.78, 5) is 15.1. The second-order valence-electron chi connectivity index (χ2n) is 7.35. The number of likely N-dealkylation sites (tertiary alicyclic amines) is 1. The first kappa shape index (κ1) is 19.0. The molecule has 2 aliphatic rings. The van der Waals surface area contributed by atoms with E-state index in [4.69, 9.17) is 4.74 Å². The van der Waals surface area contributed by atoms with Crippen LogP contribution in [-0.4, -0.2) is 38.9 Å². The lowest BCUT2D eigenvalue weighted by atomic mass is 10.0. The molecule has 1 N–H and O–H groups in total. The van der Waals surface area contributed by atoms with Gasteiger partial charge in [-0.05, 0) is 67.6 Å². The number of carbonyl (C=O) groups is 1. The molecular formula is C21H24N2O4S. The fourth-order valence-electron chi connectivity index (χ4n) is 3.64. The van der Waals surface area contributed by atoms with Gasteiger partial charge in [-0.1, -0.05) is 12.1 Å². The molecule has 148 valence electrons. The molecule has 28 heavy (non-hydrogen) atoms. The summed E-state index contributed by atoms with van der Waals surface area (Å²) >= 11 is 0. The fourth-order valence-corrected chi connectivity index (χ4v) is 4.94. The quantitative estimate of drug-likeness (QED) is 0.808. The van der Waals surface area contributed by atoms with E-state index in [1.165, 1.54) is 12.1 Å². The summed E-state index contributed by atoms with van der Waals surface area (Å²) in [5, 5.41) is 0. The summed E-state index contributed by atoms with van der Waals surface area (Å²) in [7, 11) is -1.88. The van der Waals surface area contributed by atoms with Gasteiger partial charge >= 0.3 is 0 Å². The predicted molar refractivity (Wildman–Crippen MR) is 106 cm³/mol. The number of hydrogen-bond acceptors (Lipinski definition) is 4. The number of carbonyl (C=O) groups excluding carboxylic acids is 1. The Bertz CT molecular complexity index is 968. The molecule has 1 aliphatic carbocycles. The number of rotatable bonds is 6. The number of nitrogens with zero attached hydrogens (tertiary/aromatic N) is 1. The fraction of sp³-hybridized carbons (Fsp3) is 0.381. The van der Waals surface area contributed by atoms with Crippen molar-refractivity contribution < 1.29 is 17.9 Å². The standard InChI is InChI=1S/C21H24N2O4S/c1-27-18-5-2-4-16(14-18)20-6-3-13-23(20)21(24)15-7-11-19(12-8-15)28(25,26)22-17-9-10-17/h2,4-5,7-8,11-12,14,17,20,22H,3,6,9-10,13H2,1H3. The van der Waals surface area contributed by atoms with Crippen LogP contribution in [-0.2, 0) is 10.0 Å². The molecule has 1 unspecified atom stereocenters. The van der Waals surface area contributed by atoms with Gasteiger partial charge in [0, 0.05) is 18.2 Å². The Labute approximate surface area is 165 Å². The molecule has 1 heterocycles. The Morgan fingerprint density at radius 2 is 1.86 bits per heavy atom. The summed E-state index contributed by atoms with van der Waals surface area (Å²) in [5.41, 5.74) is 1.55. The van der Waals surface area contributed by atoms with Gasteiger partial charge in [-0.2, -0.15) is 0 Å². The smallest absolute Gasteiger partial charge is 0.254 e. The van der Waals surface area contributed by atoms with Gasteiger partial charge in [-0.3, -0.25) is 4.79 Å². The van der Waals surface area contributed by atoms with E-state index in [-0.39, 0.29) is 22.9 Å². The van der Waals surface area contributed by atoms with Gasteiger partial charge in [0.2, 0.25) is 10.0 Å². The van der Waals surface area contributed by atoms with Crippen LogP contribution in [0.25, 0.3) is 0 Å². The third kappa shape index (κ3) is 3.91. The van der Waals surface area contributed by atoms with Crippen molar-refractivity contribution in [2.24, 2.45) is 0 Å². The van der Waals surface area contributed by atoms with Crippen LogP contribution in [0.2, 0.25) is 0 Å². The van der Waals surface area contributed by atoms with Gasteiger partial charge in [0.05, 0.1) is 18.0 Å². The van der Waals surface area contributed by atoms with E-state index >= 15 is 0 Å². The summed E-state index contributed by atoms with van der Waals surface area (Å²) in [6, 6.07) is 14.1. The highest BCUT2D eigenvalue weighted by Crippen LogP contribution is 2.34. The molecule has 7 heteroatoms. The van der Waals surface area contributed by atoms with Crippen molar-refractivity contribution >= 4 is 15.9 Å². The maximum atomic E-state index is 13.1. The van der Waals surface area contributed by atoms with Gasteiger partial charge < -0.3 is 9.64 Å². The molecule has 1 atom stereocenters. The van der Waals surface area contributed by atoms with Crippen molar-refractivity contribution in [3.63, 3.8) is 0 Å². The molecule has 1 saturated carbocycles. The Morgan fingerprint density at radius 3 is 2.54 bits per heavy atom. The zero-order valence-corrected chi connectivity index (χ0v) is 16.6. The minimum atomic E-state index is -3.51. The normalized spacial score (nSPS) is 19.6. The average Bonchev–Trinajstić information content (AvgIpc) is 3.38. The Morgan fingerprint density at radius 1 is 1.11 bits per heavy atom. The molecule has 2 fully saturated rings. The van der Waals surface area contributed by atoms with Gasteiger partial charge in [-0.25, -0.2) is 13.1 Å². The number of benzene rings is 2. The Kier molecular flexibility index (Phi) is 5.12. The zero-order valence-electron chi connectivity index (χ0n) is 15.8. The van der Waals surface area contributed by atoms with E-state index in [1.807, 2.05) is 29.2 Å². The molecule has 6 nitrogen and oxygen atoms in total. The first-order valence-electron chi connectivity index (χ1n) is 9.55. The van der Waals surface area contributed by atoms with Crippen molar-refractivity contribution in [3.8, 4) is 5.75 Å². The molecule has 0 bridgehead atoms. The molecule has 1 amide bonds. The van der Waals surface area contributed by atoms with E-state index < -0.39 is 10.0 Å². The molecule has 2 aromatic rings. The van der Waals surface area contributed by atoms with Crippen LogP contribution in [0, 0.1) is 0 Å². The minimum Gasteiger partial charge on any atom is -0.497 e. The first-order valence-corrected chi connectivity index (χ1v) is 11.0. The van der Waals surface area contributed by atoms with Crippen molar-refractivity contribution in [2.45, 2.75) is 42.7 Å². The zero-order chi connectivity index (χ0) is 19.7. The van der Waals surface area contributed by atoms with Crippen LogP contribution in [0.3, 0.4) is 0 Å². The highest BCUT2D eigenvalue weighted by Gasteiger charge is 2.31. The lowest BCUT2D eigenvalue weighted by Gasteiger charge is -2.25. The van der Waals surface area contributed by atoms with E-state index in [2.05, 4.69) is 4.72 Å². The highest BCUT2D eigenvalue weighted by molar-refractivity contribution is 7.89. The summed E-state index contributed by atoms with van der Waals surface area (Å²) in [5.74, 6) is 0.693. The van der Waals surface area contributed by atoms with E-state index in [1.54, 1.807) is 19.2 Å². The van der Waals surface area contributed by atoms with Gasteiger partial charge in [0.25, 0.3) is 5.91 Å². The molecule has 0 radical (unpaired) electrons. The van der Waals surface area contributed by atoms with Crippen LogP contribution in [0.5, 0.6) is 5.75 Å². The lowest BCUT2D eigenvalue weighted by Crippen LogP contribution is -2.30. The average molecular weight is 401 g/mol. The lowest BCUT2D eigenvalue weighted by molar-refractivity contribution is 0.0735. The van der Waals surface area contributed by atoms with Crippen LogP contribution in [0.1, 0.15) is 47.6 Å². The molecule has 1 saturated heterocycles. The largest absolute Gasteiger partial charge is 0.497 e. The monoisotopic (exact) mass is 400 g/mol. The number of methoxy groups -OCH3 is 1. The van der Waals surface area contributed by atoms with E-state index in [9.17, 15) is 13.2 Å². The Hall–Kier alpha value is -2.38. The SMILES string of the molecule is COc1cccc(C2CCCN2C(=O)c2ccc(S(=O)(=O)NC3CC3)cc2)c1. The van der Waals surface area contributed by atoms with Crippen molar-refractivity contribution in [3.05, 3.63) is 59.7 Å². The van der Waals surface area contributed by atoms with Gasteiger partial charge in [0.1, 0.15) is 5.75 Å². The van der Waals surface area contributed by atoms with Crippen molar-refractivity contribution in [1.29, 1.82) is 0 Å². The highest BCUT2D eigenvalue weighted by atomic mass is 32.2. The number of ether oxygens (including phenoxy) is 1. The molecule has 0 aromatic heterocycles. The van der Waals surface area contributed by atoms with Crippen molar-refractivity contribution in [2.75, 3.05) is 13.7 Å². The topological polar surface area (TPSA) is 75.7 Å².